The highest BCUT2D eigenvalue weighted by Crippen LogP contribution is 2.30. The summed E-state index contributed by atoms with van der Waals surface area (Å²) in [6.45, 7) is 7.64. The molecule has 0 aliphatic heterocycles. The monoisotopic (exact) mass is 315 g/mol. The van der Waals surface area contributed by atoms with Crippen molar-refractivity contribution in [1.29, 1.82) is 0 Å². The van der Waals surface area contributed by atoms with E-state index in [9.17, 15) is 0 Å². The SMILES string of the molecule is CCCCC(CC)CC(NCC)c1cc(Cl)cc(Cl)c1. The lowest BCUT2D eigenvalue weighted by atomic mass is 9.89. The Morgan fingerprint density at radius 3 is 2.20 bits per heavy atom. The van der Waals surface area contributed by atoms with Gasteiger partial charge >= 0.3 is 0 Å². The van der Waals surface area contributed by atoms with E-state index < -0.39 is 0 Å². The highest BCUT2D eigenvalue weighted by Gasteiger charge is 2.17. The molecule has 20 heavy (non-hydrogen) atoms. The molecule has 0 radical (unpaired) electrons. The van der Waals surface area contributed by atoms with Gasteiger partial charge in [-0.15, -0.1) is 0 Å². The zero-order chi connectivity index (χ0) is 15.0. The Labute approximate surface area is 134 Å². The standard InChI is InChI=1S/C17H27Cl2N/c1-4-7-8-13(5-2)9-17(20-6-3)14-10-15(18)12-16(19)11-14/h10-13,17,20H,4-9H2,1-3H3. The van der Waals surface area contributed by atoms with Gasteiger partial charge in [0.15, 0.2) is 0 Å². The number of benzene rings is 1. The fourth-order valence-corrected chi connectivity index (χ4v) is 3.22. The highest BCUT2D eigenvalue weighted by atomic mass is 35.5. The molecular weight excluding hydrogens is 289 g/mol. The van der Waals surface area contributed by atoms with Gasteiger partial charge in [-0.25, -0.2) is 0 Å². The molecule has 0 bridgehead atoms. The van der Waals surface area contributed by atoms with Crippen molar-refractivity contribution in [3.05, 3.63) is 33.8 Å². The summed E-state index contributed by atoms with van der Waals surface area (Å²) in [6.07, 6.45) is 6.28. The van der Waals surface area contributed by atoms with Crippen molar-refractivity contribution in [2.45, 2.75) is 58.9 Å². The molecule has 1 aromatic rings. The van der Waals surface area contributed by atoms with Gasteiger partial charge in [-0.1, -0.05) is 69.7 Å². The van der Waals surface area contributed by atoms with Gasteiger partial charge in [-0.2, -0.15) is 0 Å². The van der Waals surface area contributed by atoms with Gasteiger partial charge in [-0.3, -0.25) is 0 Å². The molecule has 1 N–H and O–H groups in total. The van der Waals surface area contributed by atoms with E-state index in [4.69, 9.17) is 23.2 Å². The van der Waals surface area contributed by atoms with Gasteiger partial charge in [0.1, 0.15) is 0 Å². The minimum absolute atomic E-state index is 0.345. The fraction of sp³-hybridized carbons (Fsp3) is 0.647. The van der Waals surface area contributed by atoms with E-state index in [1.807, 2.05) is 12.1 Å². The summed E-state index contributed by atoms with van der Waals surface area (Å²) in [6, 6.07) is 6.21. The maximum Gasteiger partial charge on any atom is 0.0424 e. The first-order chi connectivity index (χ1) is 9.60. The molecule has 0 saturated carbocycles. The van der Waals surface area contributed by atoms with Crippen LogP contribution in [0.2, 0.25) is 10.0 Å². The van der Waals surface area contributed by atoms with Crippen molar-refractivity contribution in [3.8, 4) is 0 Å². The van der Waals surface area contributed by atoms with Crippen LogP contribution in [-0.2, 0) is 0 Å². The molecule has 1 nitrogen and oxygen atoms in total. The van der Waals surface area contributed by atoms with Gasteiger partial charge in [-0.05, 0) is 42.6 Å². The maximum atomic E-state index is 6.14. The van der Waals surface area contributed by atoms with E-state index in [-0.39, 0.29) is 0 Å². The average Bonchev–Trinajstić information content (AvgIpc) is 2.41. The number of nitrogens with one attached hydrogen (secondary N) is 1. The molecule has 0 amide bonds. The van der Waals surface area contributed by atoms with Crippen LogP contribution in [-0.4, -0.2) is 6.54 Å². The van der Waals surface area contributed by atoms with Crippen molar-refractivity contribution in [2.75, 3.05) is 6.54 Å². The number of hydrogen-bond donors (Lipinski definition) is 1. The van der Waals surface area contributed by atoms with Crippen molar-refractivity contribution in [3.63, 3.8) is 0 Å². The third-order valence-corrected chi connectivity index (χ3v) is 4.29. The first-order valence-electron chi connectivity index (χ1n) is 7.80. The Kier molecular flexibility index (Phi) is 8.60. The highest BCUT2D eigenvalue weighted by molar-refractivity contribution is 6.34. The summed E-state index contributed by atoms with van der Waals surface area (Å²) in [5, 5.41) is 5.02. The Morgan fingerprint density at radius 2 is 1.70 bits per heavy atom. The second-order valence-electron chi connectivity index (χ2n) is 5.47. The number of unbranched alkanes of at least 4 members (excludes halogenated alkanes) is 1. The van der Waals surface area contributed by atoms with E-state index in [1.54, 1.807) is 6.07 Å². The molecule has 0 saturated heterocycles. The summed E-state index contributed by atoms with van der Waals surface area (Å²) in [4.78, 5) is 0. The summed E-state index contributed by atoms with van der Waals surface area (Å²) >= 11 is 12.3. The normalized spacial score (nSPS) is 14.2. The summed E-state index contributed by atoms with van der Waals surface area (Å²) in [5.41, 5.74) is 1.21. The molecule has 0 spiro atoms. The molecule has 0 heterocycles. The van der Waals surface area contributed by atoms with Crippen LogP contribution in [0.25, 0.3) is 0 Å². The third kappa shape index (κ3) is 6.03. The van der Waals surface area contributed by atoms with Gasteiger partial charge in [0.2, 0.25) is 0 Å². The van der Waals surface area contributed by atoms with Crippen LogP contribution in [0.5, 0.6) is 0 Å². The number of halogens is 2. The predicted octanol–water partition coefficient (Wildman–Crippen LogP) is 6.25. The number of rotatable bonds is 9. The van der Waals surface area contributed by atoms with Crippen molar-refractivity contribution in [2.24, 2.45) is 5.92 Å². The topological polar surface area (TPSA) is 12.0 Å². The second kappa shape index (κ2) is 9.65. The fourth-order valence-electron chi connectivity index (χ4n) is 2.67. The largest absolute Gasteiger partial charge is 0.310 e. The Balaban J connectivity index is 2.81. The van der Waals surface area contributed by atoms with E-state index in [0.717, 1.165) is 28.9 Å². The average molecular weight is 316 g/mol. The van der Waals surface area contributed by atoms with Crippen LogP contribution < -0.4 is 5.32 Å². The van der Waals surface area contributed by atoms with Crippen molar-refractivity contribution in [1.82, 2.24) is 5.32 Å². The van der Waals surface area contributed by atoms with E-state index in [1.165, 1.54) is 31.2 Å². The van der Waals surface area contributed by atoms with Crippen LogP contribution in [0.4, 0.5) is 0 Å². The molecule has 114 valence electrons. The first kappa shape index (κ1) is 17.8. The van der Waals surface area contributed by atoms with Crippen molar-refractivity contribution >= 4 is 23.2 Å². The Bertz CT molecular complexity index is 372. The molecule has 1 aromatic carbocycles. The Hall–Kier alpha value is -0.240. The van der Waals surface area contributed by atoms with Gasteiger partial charge in [0, 0.05) is 16.1 Å². The minimum atomic E-state index is 0.345. The van der Waals surface area contributed by atoms with Crippen LogP contribution in [0.1, 0.15) is 64.5 Å². The smallest absolute Gasteiger partial charge is 0.0424 e. The molecule has 1 rings (SSSR count). The van der Waals surface area contributed by atoms with Gasteiger partial charge < -0.3 is 5.32 Å². The maximum absolute atomic E-state index is 6.14. The zero-order valence-electron chi connectivity index (χ0n) is 12.9. The van der Waals surface area contributed by atoms with E-state index in [2.05, 4.69) is 26.1 Å². The summed E-state index contributed by atoms with van der Waals surface area (Å²) in [7, 11) is 0. The quantitative estimate of drug-likeness (QED) is 0.567. The van der Waals surface area contributed by atoms with Gasteiger partial charge in [0.25, 0.3) is 0 Å². The molecular formula is C17H27Cl2N. The second-order valence-corrected chi connectivity index (χ2v) is 6.34. The lowest BCUT2D eigenvalue weighted by Crippen LogP contribution is -2.23. The minimum Gasteiger partial charge on any atom is -0.310 e. The molecule has 0 aliphatic carbocycles. The molecule has 0 aliphatic rings. The molecule has 0 aromatic heterocycles. The Morgan fingerprint density at radius 1 is 1.05 bits per heavy atom. The third-order valence-electron chi connectivity index (χ3n) is 3.85. The van der Waals surface area contributed by atoms with Crippen LogP contribution in [0, 0.1) is 5.92 Å². The first-order valence-corrected chi connectivity index (χ1v) is 8.55. The van der Waals surface area contributed by atoms with E-state index >= 15 is 0 Å². The lowest BCUT2D eigenvalue weighted by molar-refractivity contribution is 0.357. The van der Waals surface area contributed by atoms with E-state index in [0.29, 0.717) is 6.04 Å². The molecule has 3 heteroatoms. The molecule has 0 fully saturated rings. The van der Waals surface area contributed by atoms with Crippen LogP contribution in [0.15, 0.2) is 18.2 Å². The summed E-state index contributed by atoms with van der Waals surface area (Å²) in [5.74, 6) is 0.761. The zero-order valence-corrected chi connectivity index (χ0v) is 14.4. The molecule has 2 atom stereocenters. The van der Waals surface area contributed by atoms with Crippen molar-refractivity contribution < 1.29 is 0 Å². The predicted molar refractivity (Wildman–Crippen MR) is 90.8 cm³/mol. The number of hydrogen-bond acceptors (Lipinski definition) is 1. The lowest BCUT2D eigenvalue weighted by Gasteiger charge is -2.24. The summed E-state index contributed by atoms with van der Waals surface area (Å²) < 4.78 is 0. The molecule has 2 unspecified atom stereocenters. The van der Waals surface area contributed by atoms with Crippen LogP contribution in [0.3, 0.4) is 0 Å². The van der Waals surface area contributed by atoms with Gasteiger partial charge in [0.05, 0.1) is 0 Å². The van der Waals surface area contributed by atoms with Crippen LogP contribution >= 0.6 is 23.2 Å².